The number of hydrogen-bond acceptors (Lipinski definition) is 11. The maximum Gasteiger partial charge on any atom is 0.336 e. The van der Waals surface area contributed by atoms with Gasteiger partial charge in [-0.3, -0.25) is 14.4 Å². The lowest BCUT2D eigenvalue weighted by Gasteiger charge is -2.47. The van der Waals surface area contributed by atoms with Crippen molar-refractivity contribution in [3.8, 4) is 5.75 Å². The number of aryl methyl sites for hydroxylation is 2. The molecule has 3 aromatic carbocycles. The molecule has 2 fully saturated rings. The Morgan fingerprint density at radius 1 is 0.969 bits per heavy atom. The highest BCUT2D eigenvalue weighted by atomic mass is 16.6. The summed E-state index contributed by atoms with van der Waals surface area (Å²) in [5.74, 6) is -2.66. The molecule has 0 radical (unpaired) electrons. The number of benzene rings is 3. The number of H-pyrrole nitrogens is 1. The first-order chi connectivity index (χ1) is 30.7. The van der Waals surface area contributed by atoms with Crippen LogP contribution in [-0.4, -0.2) is 112 Å². The molecule has 7 rings (SSSR count). The second-order valence-electron chi connectivity index (χ2n) is 17.0. The van der Waals surface area contributed by atoms with Crippen molar-refractivity contribution >= 4 is 40.7 Å². The van der Waals surface area contributed by atoms with E-state index in [0.717, 1.165) is 54.3 Å². The van der Waals surface area contributed by atoms with Gasteiger partial charge in [0.05, 0.1) is 23.9 Å². The van der Waals surface area contributed by atoms with Crippen molar-refractivity contribution in [2.75, 3.05) is 6.54 Å². The fraction of sp³-hybridized carbons (Fsp3) is 0.404. The van der Waals surface area contributed by atoms with Gasteiger partial charge in [-0.15, -0.1) is 5.10 Å². The first-order valence-corrected chi connectivity index (χ1v) is 21.5. The van der Waals surface area contributed by atoms with Crippen LogP contribution in [0.5, 0.6) is 5.75 Å². The topological polar surface area (TPSA) is 261 Å². The second-order valence-corrected chi connectivity index (χ2v) is 17.0. The van der Waals surface area contributed by atoms with E-state index in [9.17, 15) is 44.7 Å². The van der Waals surface area contributed by atoms with Gasteiger partial charge in [-0.25, -0.2) is 9.48 Å². The Bertz CT molecular complexity index is 2490. The van der Waals surface area contributed by atoms with Crippen LogP contribution in [0.1, 0.15) is 99.5 Å². The maximum absolute atomic E-state index is 13.5. The van der Waals surface area contributed by atoms with Crippen molar-refractivity contribution in [3.05, 3.63) is 118 Å². The first kappa shape index (κ1) is 45.6. The van der Waals surface area contributed by atoms with Crippen LogP contribution in [-0.2, 0) is 27.4 Å². The summed E-state index contributed by atoms with van der Waals surface area (Å²) in [6.45, 7) is 2.67. The lowest BCUT2D eigenvalue weighted by molar-refractivity contribution is -0.226. The number of aliphatic carboxylic acids is 1. The van der Waals surface area contributed by atoms with Gasteiger partial charge in [0.1, 0.15) is 24.5 Å². The zero-order chi connectivity index (χ0) is 45.5. The van der Waals surface area contributed by atoms with E-state index in [1.165, 1.54) is 16.8 Å². The number of rotatable bonds is 16. The highest BCUT2D eigenvalue weighted by molar-refractivity contribution is 5.98. The molecule has 17 nitrogen and oxygen atoms in total. The van der Waals surface area contributed by atoms with Gasteiger partial charge in [-0.2, -0.15) is 0 Å². The van der Waals surface area contributed by atoms with Crippen molar-refractivity contribution in [3.63, 3.8) is 0 Å². The highest BCUT2D eigenvalue weighted by Gasteiger charge is 2.54. The van der Waals surface area contributed by atoms with Gasteiger partial charge in [-0.1, -0.05) is 54.8 Å². The largest absolute Gasteiger partial charge is 0.507 e. The number of nitrogens with zero attached hydrogens (tertiary/aromatic N) is 3. The molecule has 0 unspecified atom stereocenters. The van der Waals surface area contributed by atoms with Crippen molar-refractivity contribution in [1.82, 2.24) is 35.9 Å². The molecule has 2 aromatic heterocycles. The van der Waals surface area contributed by atoms with Crippen molar-refractivity contribution in [1.29, 1.82) is 0 Å². The fourth-order valence-corrected chi connectivity index (χ4v) is 8.63. The molecule has 3 amide bonds. The lowest BCUT2D eigenvalue weighted by Crippen LogP contribution is -2.67. The number of hydrogen-bond donors (Lipinski definition) is 9. The number of aromatic hydroxyl groups is 1. The van der Waals surface area contributed by atoms with Gasteiger partial charge >= 0.3 is 5.97 Å². The number of aliphatic hydroxyl groups excluding tert-OH is 3. The third-order valence-corrected chi connectivity index (χ3v) is 12.2. The number of phenolic OH excluding ortho intramolecular Hbond substituents is 1. The number of aromatic nitrogens is 4. The molecule has 1 saturated heterocycles. The number of carbonyl (C=O) groups excluding carboxylic acids is 3. The van der Waals surface area contributed by atoms with Crippen molar-refractivity contribution < 1.29 is 49.4 Å². The van der Waals surface area contributed by atoms with Crippen LogP contribution in [0.25, 0.3) is 17.0 Å². The predicted octanol–water partition coefficient (Wildman–Crippen LogP) is 3.77. The Hall–Kier alpha value is -6.40. The van der Waals surface area contributed by atoms with Gasteiger partial charge in [0, 0.05) is 66.3 Å². The van der Waals surface area contributed by atoms with E-state index in [1.807, 2.05) is 24.3 Å². The summed E-state index contributed by atoms with van der Waals surface area (Å²) in [4.78, 5) is 55.7. The number of carboxylic acids is 1. The Labute approximate surface area is 369 Å². The molecular weight excluding hydrogens is 823 g/mol. The number of aliphatic hydroxyl groups is 3. The zero-order valence-corrected chi connectivity index (χ0v) is 35.7. The van der Waals surface area contributed by atoms with Crippen LogP contribution in [0, 0.1) is 13.8 Å². The monoisotopic (exact) mass is 877 g/mol. The number of phenols is 1. The second kappa shape index (κ2) is 20.0. The summed E-state index contributed by atoms with van der Waals surface area (Å²) in [6.07, 6.45) is 4.30. The fourth-order valence-electron chi connectivity index (χ4n) is 8.63. The van der Waals surface area contributed by atoms with E-state index in [-0.39, 0.29) is 42.6 Å². The van der Waals surface area contributed by atoms with E-state index in [1.54, 1.807) is 62.7 Å². The number of aromatic amines is 1. The number of carboxylic acid groups (broad SMARTS) is 1. The van der Waals surface area contributed by atoms with E-state index in [2.05, 4.69) is 31.2 Å². The molecule has 1 aliphatic carbocycles. The van der Waals surface area contributed by atoms with Crippen LogP contribution in [0.2, 0.25) is 0 Å². The van der Waals surface area contributed by atoms with Crippen LogP contribution in [0.3, 0.4) is 0 Å². The average molecular weight is 878 g/mol. The summed E-state index contributed by atoms with van der Waals surface area (Å²) >= 11 is 0. The molecule has 17 heteroatoms. The smallest absolute Gasteiger partial charge is 0.336 e. The molecule has 6 atom stereocenters. The molecule has 1 aliphatic heterocycles. The van der Waals surface area contributed by atoms with Gasteiger partial charge in [-0.05, 0) is 91.4 Å². The van der Waals surface area contributed by atoms with E-state index in [4.69, 9.17) is 4.74 Å². The van der Waals surface area contributed by atoms with Crippen LogP contribution < -0.4 is 16.0 Å². The summed E-state index contributed by atoms with van der Waals surface area (Å²) in [7, 11) is 0. The number of carbonyl (C=O) groups is 4. The van der Waals surface area contributed by atoms with Gasteiger partial charge in [0.15, 0.2) is 5.60 Å². The van der Waals surface area contributed by atoms with E-state index < -0.39 is 66.8 Å². The molecule has 3 heterocycles. The van der Waals surface area contributed by atoms with Gasteiger partial charge in [0.25, 0.3) is 11.8 Å². The molecule has 0 bridgehead atoms. The Balaban J connectivity index is 1.05. The average Bonchev–Trinajstić information content (AvgIpc) is 3.97. The SMILES string of the molecule is Cc1cc(C(=O)NC[C@@H](O)[C@@H](O)[C@@H]2O[C@@](C/C=C/c3cccc(CNC(=O)c4ccc5[nH]ccc5c4)c3)(C(=O)O)C[C@H](O)[C@H]2NC(=O)Cn2cc(C3CCCCC3)nn2)cc(C)c1O. The zero-order valence-electron chi connectivity index (χ0n) is 35.7. The van der Waals surface area contributed by atoms with Crippen LogP contribution in [0.4, 0.5) is 0 Å². The third-order valence-electron chi connectivity index (χ3n) is 12.2. The molecule has 64 heavy (non-hydrogen) atoms. The molecule has 1 saturated carbocycles. The number of nitrogens with one attached hydrogen (secondary N) is 4. The minimum atomic E-state index is -2.13. The van der Waals surface area contributed by atoms with Crippen molar-refractivity contribution in [2.45, 2.75) is 114 Å². The molecule has 5 aromatic rings. The van der Waals surface area contributed by atoms with Gasteiger partial charge in [0.2, 0.25) is 5.91 Å². The summed E-state index contributed by atoms with van der Waals surface area (Å²) in [6, 6.07) is 16.0. The Kier molecular flexibility index (Phi) is 14.2. The minimum Gasteiger partial charge on any atom is -0.507 e. The summed E-state index contributed by atoms with van der Waals surface area (Å²) < 4.78 is 7.57. The highest BCUT2D eigenvalue weighted by Crippen LogP contribution is 2.36. The van der Waals surface area contributed by atoms with Gasteiger partial charge < -0.3 is 51.2 Å². The predicted molar refractivity (Wildman–Crippen MR) is 235 cm³/mol. The number of fused-ring (bicyclic) bond motifs is 1. The summed E-state index contributed by atoms with van der Waals surface area (Å²) in [5.41, 5.74) is 2.67. The number of amides is 3. The maximum atomic E-state index is 13.5. The molecule has 338 valence electrons. The minimum absolute atomic E-state index is 0.0372. The van der Waals surface area contributed by atoms with Crippen LogP contribution >= 0.6 is 0 Å². The molecule has 2 aliphatic rings. The standard InChI is InChI=1S/C47H55N7O10/c1-27-18-34(19-28(2)41(27)58)45(61)50-24-38(56)42(59)43-40(51-39(57)26-54-25-36(52-53-54)31-11-4-3-5-12-31)37(55)22-47(64-43,46(62)63)16-7-10-29-8-6-9-30(20-29)23-49-44(60)33-13-14-35-32(21-33)15-17-48-35/h6-10,13-15,17-21,25,31,37-38,40,42-43,48,55-56,58-59H,3-5,11-12,16,22-24,26H2,1-2H3,(H,49,60)(H,50,61)(H,51,57)(H,62,63)/b10-7+/t37-,38+,40+,42+,43+,47+/m0/s1. The lowest BCUT2D eigenvalue weighted by atomic mass is 9.81. The van der Waals surface area contributed by atoms with E-state index >= 15 is 0 Å². The normalized spacial score (nSPS) is 21.4. The quantitative estimate of drug-likeness (QED) is 0.0687. The van der Waals surface area contributed by atoms with Crippen LogP contribution in [0.15, 0.2) is 79.1 Å². The van der Waals surface area contributed by atoms with Crippen molar-refractivity contribution in [2.24, 2.45) is 0 Å². The van der Waals surface area contributed by atoms with E-state index in [0.29, 0.717) is 22.3 Å². The Morgan fingerprint density at radius 3 is 2.47 bits per heavy atom. The number of ether oxygens (including phenoxy) is 1. The molecule has 9 N–H and O–H groups in total. The molecule has 0 spiro atoms. The first-order valence-electron chi connectivity index (χ1n) is 21.5. The summed E-state index contributed by atoms with van der Waals surface area (Å²) in [5, 5.41) is 72.8. The third kappa shape index (κ3) is 10.7. The molecular formula is C47H55N7O10. The Morgan fingerprint density at radius 2 is 1.72 bits per heavy atom.